The maximum Gasteiger partial charge on any atom is 0.101 e. The van der Waals surface area contributed by atoms with Gasteiger partial charge in [-0.25, -0.2) is 0 Å². The monoisotopic (exact) mass is 243 g/mol. The Morgan fingerprint density at radius 3 is 2.89 bits per heavy atom. The van der Waals surface area contributed by atoms with Crippen molar-refractivity contribution in [3.05, 3.63) is 29.3 Å². The zero-order valence-electron chi connectivity index (χ0n) is 11.5. The normalized spacial score (nSPS) is 20.4. The molecule has 3 heteroatoms. The van der Waals surface area contributed by atoms with Crippen molar-refractivity contribution in [3.63, 3.8) is 0 Å². The molecular formula is C15H21N3. The van der Waals surface area contributed by atoms with E-state index in [1.807, 2.05) is 12.1 Å². The minimum Gasteiger partial charge on any atom is -0.369 e. The highest BCUT2D eigenvalue weighted by atomic mass is 15.2. The molecule has 0 aliphatic carbocycles. The number of aryl methyl sites for hydroxylation is 1. The van der Waals surface area contributed by atoms with Gasteiger partial charge in [-0.05, 0) is 51.1 Å². The van der Waals surface area contributed by atoms with Crippen LogP contribution in [0.1, 0.15) is 24.0 Å². The van der Waals surface area contributed by atoms with Gasteiger partial charge >= 0.3 is 0 Å². The molecule has 0 N–H and O–H groups in total. The largest absolute Gasteiger partial charge is 0.369 e. The summed E-state index contributed by atoms with van der Waals surface area (Å²) in [4.78, 5) is 4.65. The molecule has 0 bridgehead atoms. The van der Waals surface area contributed by atoms with Gasteiger partial charge in [-0.15, -0.1) is 0 Å². The van der Waals surface area contributed by atoms with Crippen LogP contribution in [0.2, 0.25) is 0 Å². The van der Waals surface area contributed by atoms with Crippen LogP contribution in [0.5, 0.6) is 0 Å². The standard InChI is InChI=1S/C15H21N3/c1-12-6-7-13(10-16)15(9-12)18(3)14-5-4-8-17(2)11-14/h6-7,9,14H,4-5,8,11H2,1-3H3. The maximum atomic E-state index is 9.22. The molecule has 1 aromatic carbocycles. The molecule has 1 aliphatic heterocycles. The SMILES string of the molecule is Cc1ccc(C#N)c(N(C)C2CCCN(C)C2)c1. The van der Waals surface area contributed by atoms with Crippen molar-refractivity contribution in [3.8, 4) is 6.07 Å². The van der Waals surface area contributed by atoms with Gasteiger partial charge in [0, 0.05) is 19.6 Å². The summed E-state index contributed by atoms with van der Waals surface area (Å²) in [5.41, 5.74) is 3.05. The Morgan fingerprint density at radius 1 is 1.44 bits per heavy atom. The fourth-order valence-corrected chi connectivity index (χ4v) is 2.68. The highest BCUT2D eigenvalue weighted by molar-refractivity contribution is 5.60. The van der Waals surface area contributed by atoms with Crippen molar-refractivity contribution in [1.29, 1.82) is 5.26 Å². The second kappa shape index (κ2) is 5.41. The van der Waals surface area contributed by atoms with Crippen molar-refractivity contribution >= 4 is 5.69 Å². The summed E-state index contributed by atoms with van der Waals surface area (Å²) in [5.74, 6) is 0. The molecule has 1 heterocycles. The molecule has 1 fully saturated rings. The Hall–Kier alpha value is -1.53. The van der Waals surface area contributed by atoms with Gasteiger partial charge in [0.15, 0.2) is 0 Å². The van der Waals surface area contributed by atoms with Crippen LogP contribution >= 0.6 is 0 Å². The van der Waals surface area contributed by atoms with E-state index in [2.05, 4.69) is 43.0 Å². The smallest absolute Gasteiger partial charge is 0.101 e. The van der Waals surface area contributed by atoms with Crippen LogP contribution in [0, 0.1) is 18.3 Å². The van der Waals surface area contributed by atoms with Gasteiger partial charge in [-0.2, -0.15) is 5.26 Å². The molecule has 1 aliphatic rings. The van der Waals surface area contributed by atoms with Gasteiger partial charge < -0.3 is 9.80 Å². The summed E-state index contributed by atoms with van der Waals surface area (Å²) in [6.45, 7) is 4.34. The van der Waals surface area contributed by atoms with Crippen LogP contribution in [0.25, 0.3) is 0 Å². The van der Waals surface area contributed by atoms with E-state index in [4.69, 9.17) is 0 Å². The topological polar surface area (TPSA) is 30.3 Å². The first-order valence-electron chi connectivity index (χ1n) is 6.54. The fraction of sp³-hybridized carbons (Fsp3) is 0.533. The molecule has 0 saturated carbocycles. The highest BCUT2D eigenvalue weighted by Crippen LogP contribution is 2.25. The molecule has 1 unspecified atom stereocenters. The first-order chi connectivity index (χ1) is 8.61. The minimum atomic E-state index is 0.512. The molecule has 3 nitrogen and oxygen atoms in total. The lowest BCUT2D eigenvalue weighted by atomic mass is 10.0. The van der Waals surface area contributed by atoms with Gasteiger partial charge in [0.2, 0.25) is 0 Å². The molecule has 2 rings (SSSR count). The van der Waals surface area contributed by atoms with E-state index in [1.54, 1.807) is 0 Å². The Morgan fingerprint density at radius 2 is 2.22 bits per heavy atom. The van der Waals surface area contributed by atoms with Crippen molar-refractivity contribution in [2.24, 2.45) is 0 Å². The van der Waals surface area contributed by atoms with Crippen molar-refractivity contribution in [1.82, 2.24) is 4.90 Å². The average Bonchev–Trinajstić information content (AvgIpc) is 2.38. The molecule has 0 amide bonds. The number of piperidine rings is 1. The molecular weight excluding hydrogens is 222 g/mol. The predicted octanol–water partition coefficient (Wildman–Crippen LogP) is 2.40. The van der Waals surface area contributed by atoms with Crippen LogP contribution in [0.15, 0.2) is 18.2 Å². The lowest BCUT2D eigenvalue weighted by Crippen LogP contribution is -2.45. The summed E-state index contributed by atoms with van der Waals surface area (Å²) < 4.78 is 0. The average molecular weight is 243 g/mol. The minimum absolute atomic E-state index is 0.512. The maximum absolute atomic E-state index is 9.22. The van der Waals surface area contributed by atoms with E-state index in [0.29, 0.717) is 6.04 Å². The number of nitriles is 1. The first kappa shape index (κ1) is 12.9. The quantitative estimate of drug-likeness (QED) is 0.799. The van der Waals surface area contributed by atoms with E-state index >= 15 is 0 Å². The van der Waals surface area contributed by atoms with Crippen molar-refractivity contribution < 1.29 is 0 Å². The van der Waals surface area contributed by atoms with Crippen molar-refractivity contribution in [2.45, 2.75) is 25.8 Å². The summed E-state index contributed by atoms with van der Waals surface area (Å²) in [6.07, 6.45) is 2.44. The van der Waals surface area contributed by atoms with Gasteiger partial charge in [-0.1, -0.05) is 6.07 Å². The number of nitrogens with zero attached hydrogens (tertiary/aromatic N) is 3. The Balaban J connectivity index is 2.25. The summed E-state index contributed by atoms with van der Waals surface area (Å²) in [5, 5.41) is 9.22. The number of benzene rings is 1. The molecule has 0 spiro atoms. The van der Waals surface area contributed by atoms with Crippen molar-refractivity contribution in [2.75, 3.05) is 32.1 Å². The molecule has 18 heavy (non-hydrogen) atoms. The van der Waals surface area contributed by atoms with E-state index < -0.39 is 0 Å². The van der Waals surface area contributed by atoms with Crippen LogP contribution in [0.3, 0.4) is 0 Å². The van der Waals surface area contributed by atoms with Gasteiger partial charge in [0.05, 0.1) is 11.3 Å². The number of anilines is 1. The first-order valence-corrected chi connectivity index (χ1v) is 6.54. The summed E-state index contributed by atoms with van der Waals surface area (Å²) in [6, 6.07) is 8.86. The van der Waals surface area contributed by atoms with Crippen LogP contribution < -0.4 is 4.90 Å². The number of hydrogen-bond acceptors (Lipinski definition) is 3. The number of likely N-dealkylation sites (tertiary alicyclic amines) is 1. The molecule has 0 aromatic heterocycles. The Bertz CT molecular complexity index is 461. The third-order valence-corrected chi connectivity index (χ3v) is 3.80. The lowest BCUT2D eigenvalue weighted by Gasteiger charge is -2.37. The molecule has 1 saturated heterocycles. The number of hydrogen-bond donors (Lipinski definition) is 0. The predicted molar refractivity (Wildman–Crippen MR) is 74.8 cm³/mol. The van der Waals surface area contributed by atoms with Crippen LogP contribution in [-0.2, 0) is 0 Å². The second-order valence-electron chi connectivity index (χ2n) is 5.30. The van der Waals surface area contributed by atoms with E-state index in [0.717, 1.165) is 17.8 Å². The lowest BCUT2D eigenvalue weighted by molar-refractivity contribution is 0.248. The molecule has 0 radical (unpaired) electrons. The van der Waals surface area contributed by atoms with E-state index in [-0.39, 0.29) is 0 Å². The van der Waals surface area contributed by atoms with E-state index in [1.165, 1.54) is 24.9 Å². The summed E-state index contributed by atoms with van der Waals surface area (Å²) in [7, 11) is 4.28. The number of likely N-dealkylation sites (N-methyl/N-ethyl adjacent to an activating group) is 2. The molecule has 96 valence electrons. The van der Waals surface area contributed by atoms with Gasteiger partial charge in [0.25, 0.3) is 0 Å². The third-order valence-electron chi connectivity index (χ3n) is 3.80. The van der Waals surface area contributed by atoms with Gasteiger partial charge in [0.1, 0.15) is 6.07 Å². The Labute approximate surface area is 110 Å². The van der Waals surface area contributed by atoms with Crippen LogP contribution in [-0.4, -0.2) is 38.1 Å². The second-order valence-corrected chi connectivity index (χ2v) is 5.30. The van der Waals surface area contributed by atoms with Gasteiger partial charge in [-0.3, -0.25) is 0 Å². The van der Waals surface area contributed by atoms with E-state index in [9.17, 15) is 5.26 Å². The Kier molecular flexibility index (Phi) is 3.88. The zero-order chi connectivity index (χ0) is 13.1. The fourth-order valence-electron chi connectivity index (χ4n) is 2.68. The molecule has 1 aromatic rings. The summed E-state index contributed by atoms with van der Waals surface area (Å²) >= 11 is 0. The highest BCUT2D eigenvalue weighted by Gasteiger charge is 2.22. The zero-order valence-corrected chi connectivity index (χ0v) is 11.5. The molecule has 1 atom stereocenters. The van der Waals surface area contributed by atoms with Crippen LogP contribution in [0.4, 0.5) is 5.69 Å². The number of rotatable bonds is 2. The third kappa shape index (κ3) is 2.65.